The van der Waals surface area contributed by atoms with E-state index in [-0.39, 0.29) is 5.91 Å². The minimum absolute atomic E-state index is 0.140. The molecule has 0 spiro atoms. The lowest BCUT2D eigenvalue weighted by molar-refractivity contribution is -0.120. The molecule has 2 N–H and O–H groups in total. The van der Waals surface area contributed by atoms with Gasteiger partial charge in [0.05, 0.1) is 0 Å². The van der Waals surface area contributed by atoms with E-state index in [4.69, 9.17) is 0 Å². The Morgan fingerprint density at radius 1 is 1.38 bits per heavy atom. The van der Waals surface area contributed by atoms with Gasteiger partial charge in [-0.25, -0.2) is 0 Å². The van der Waals surface area contributed by atoms with E-state index in [1.54, 1.807) is 0 Å². The quantitative estimate of drug-likeness (QED) is 0.801. The van der Waals surface area contributed by atoms with Gasteiger partial charge in [-0.2, -0.15) is 0 Å². The van der Waals surface area contributed by atoms with Crippen LogP contribution in [0.1, 0.15) is 30.0 Å². The fraction of sp³-hybridized carbons (Fsp3) is 0.462. The summed E-state index contributed by atoms with van der Waals surface area (Å²) in [6.07, 6.45) is 1.42. The van der Waals surface area contributed by atoms with Crippen LogP contribution in [0, 0.1) is 0 Å². The largest absolute Gasteiger partial charge is 0.356 e. The predicted molar refractivity (Wildman–Crippen MR) is 64.0 cm³/mol. The van der Waals surface area contributed by atoms with Crippen LogP contribution < -0.4 is 10.6 Å². The molecular weight excluding hydrogens is 200 g/mol. The Kier molecular flexibility index (Phi) is 3.57. The van der Waals surface area contributed by atoms with Crippen molar-refractivity contribution >= 4 is 5.91 Å². The van der Waals surface area contributed by atoms with Gasteiger partial charge in [0, 0.05) is 26.1 Å². The van der Waals surface area contributed by atoms with E-state index in [1.165, 1.54) is 16.7 Å². The zero-order valence-corrected chi connectivity index (χ0v) is 9.68. The van der Waals surface area contributed by atoms with Crippen LogP contribution in [0.4, 0.5) is 0 Å². The van der Waals surface area contributed by atoms with Crippen molar-refractivity contribution in [2.24, 2.45) is 0 Å². The average Bonchev–Trinajstić information content (AvgIpc) is 2.74. The third-order valence-electron chi connectivity index (χ3n) is 2.92. The van der Waals surface area contributed by atoms with Gasteiger partial charge in [-0.1, -0.05) is 18.2 Å². The van der Waals surface area contributed by atoms with Gasteiger partial charge in [0.2, 0.25) is 5.91 Å². The normalized spacial score (nSPS) is 13.6. The number of carbonyl (C=O) groups is 1. The number of nitrogens with one attached hydrogen (secondary N) is 2. The Balaban J connectivity index is 1.93. The Morgan fingerprint density at radius 3 is 3.00 bits per heavy atom. The van der Waals surface area contributed by atoms with E-state index in [1.807, 2.05) is 6.92 Å². The highest BCUT2D eigenvalue weighted by Crippen LogP contribution is 2.17. The molecule has 0 saturated heterocycles. The Hall–Kier alpha value is -1.35. The van der Waals surface area contributed by atoms with E-state index in [0.717, 1.165) is 19.5 Å². The molecule has 3 heteroatoms. The van der Waals surface area contributed by atoms with Crippen LogP contribution in [-0.2, 0) is 24.3 Å². The van der Waals surface area contributed by atoms with E-state index >= 15 is 0 Å². The number of hydrogen-bond acceptors (Lipinski definition) is 2. The molecule has 0 fully saturated rings. The van der Waals surface area contributed by atoms with Crippen molar-refractivity contribution in [1.82, 2.24) is 10.6 Å². The van der Waals surface area contributed by atoms with E-state index < -0.39 is 0 Å². The molecule has 1 aromatic rings. The summed E-state index contributed by atoms with van der Waals surface area (Å²) in [4.78, 5) is 11.3. The van der Waals surface area contributed by atoms with Crippen LogP contribution >= 0.6 is 0 Å². The van der Waals surface area contributed by atoms with Crippen molar-refractivity contribution in [2.45, 2.75) is 32.9 Å². The van der Waals surface area contributed by atoms with Crippen molar-refractivity contribution in [2.75, 3.05) is 6.54 Å². The van der Waals surface area contributed by atoms with Crippen LogP contribution in [0.2, 0.25) is 0 Å². The number of fused-ring (bicyclic) bond motifs is 1. The van der Waals surface area contributed by atoms with Crippen LogP contribution in [0.25, 0.3) is 0 Å². The maximum Gasteiger partial charge on any atom is 0.220 e. The molecule has 0 bridgehead atoms. The zero-order chi connectivity index (χ0) is 11.4. The Bertz CT molecular complexity index is 388. The third-order valence-corrected chi connectivity index (χ3v) is 2.92. The average molecular weight is 218 g/mol. The molecule has 0 atom stereocenters. The lowest BCUT2D eigenvalue weighted by Gasteiger charge is -2.04. The summed E-state index contributed by atoms with van der Waals surface area (Å²) in [5.41, 5.74) is 4.03. The van der Waals surface area contributed by atoms with Crippen molar-refractivity contribution in [3.63, 3.8) is 0 Å². The van der Waals surface area contributed by atoms with Gasteiger partial charge in [-0.3, -0.25) is 4.79 Å². The molecule has 0 aliphatic carbocycles. The highest BCUT2D eigenvalue weighted by Gasteiger charge is 2.10. The first-order valence-corrected chi connectivity index (χ1v) is 5.87. The van der Waals surface area contributed by atoms with Gasteiger partial charge >= 0.3 is 0 Å². The van der Waals surface area contributed by atoms with Gasteiger partial charge < -0.3 is 10.6 Å². The predicted octanol–water partition coefficient (Wildman–Crippen LogP) is 1.36. The van der Waals surface area contributed by atoms with Crippen LogP contribution in [-0.4, -0.2) is 12.5 Å². The SMILES string of the molecule is CCNC(=O)CCc1ccc2c(c1)CNC2. The monoisotopic (exact) mass is 218 g/mol. The fourth-order valence-electron chi connectivity index (χ4n) is 2.05. The summed E-state index contributed by atoms with van der Waals surface area (Å²) in [6.45, 7) is 4.60. The molecule has 3 nitrogen and oxygen atoms in total. The first kappa shape index (κ1) is 11.1. The number of carbonyl (C=O) groups excluding carboxylic acids is 1. The van der Waals surface area contributed by atoms with Gasteiger partial charge in [-0.15, -0.1) is 0 Å². The summed E-state index contributed by atoms with van der Waals surface area (Å²) in [5, 5.41) is 6.14. The standard InChI is InChI=1S/C13H18N2O/c1-2-15-13(16)6-4-10-3-5-11-8-14-9-12(11)7-10/h3,5,7,14H,2,4,6,8-9H2,1H3,(H,15,16). The molecule has 1 aliphatic rings. The summed E-state index contributed by atoms with van der Waals surface area (Å²) >= 11 is 0. The second-order valence-electron chi connectivity index (χ2n) is 4.16. The molecule has 1 aliphatic heterocycles. The molecule has 0 unspecified atom stereocenters. The first-order valence-electron chi connectivity index (χ1n) is 5.87. The summed E-state index contributed by atoms with van der Waals surface area (Å²) < 4.78 is 0. The van der Waals surface area contributed by atoms with Crippen LogP contribution in [0.3, 0.4) is 0 Å². The summed E-state index contributed by atoms with van der Waals surface area (Å²) in [7, 11) is 0. The highest BCUT2D eigenvalue weighted by atomic mass is 16.1. The summed E-state index contributed by atoms with van der Waals surface area (Å²) in [5.74, 6) is 0.140. The number of hydrogen-bond donors (Lipinski definition) is 2. The smallest absolute Gasteiger partial charge is 0.220 e. The minimum Gasteiger partial charge on any atom is -0.356 e. The minimum atomic E-state index is 0.140. The second kappa shape index (κ2) is 5.12. The zero-order valence-electron chi connectivity index (χ0n) is 9.68. The maximum atomic E-state index is 11.3. The van der Waals surface area contributed by atoms with E-state index in [2.05, 4.69) is 28.8 Å². The molecular formula is C13H18N2O. The Morgan fingerprint density at radius 2 is 2.19 bits per heavy atom. The molecule has 1 heterocycles. The molecule has 0 aromatic heterocycles. The molecule has 0 radical (unpaired) electrons. The van der Waals surface area contributed by atoms with Crippen LogP contribution in [0.15, 0.2) is 18.2 Å². The second-order valence-corrected chi connectivity index (χ2v) is 4.16. The highest BCUT2D eigenvalue weighted by molar-refractivity contribution is 5.76. The molecule has 0 saturated carbocycles. The van der Waals surface area contributed by atoms with Crippen LogP contribution in [0.5, 0.6) is 0 Å². The van der Waals surface area contributed by atoms with Gasteiger partial charge in [0.15, 0.2) is 0 Å². The lowest BCUT2D eigenvalue weighted by atomic mass is 10.0. The fourth-order valence-corrected chi connectivity index (χ4v) is 2.05. The topological polar surface area (TPSA) is 41.1 Å². The van der Waals surface area contributed by atoms with Gasteiger partial charge in [0.1, 0.15) is 0 Å². The van der Waals surface area contributed by atoms with Gasteiger partial charge in [0.25, 0.3) is 0 Å². The van der Waals surface area contributed by atoms with Crippen molar-refractivity contribution < 1.29 is 4.79 Å². The van der Waals surface area contributed by atoms with Crippen molar-refractivity contribution in [1.29, 1.82) is 0 Å². The Labute approximate surface area is 96.2 Å². The van der Waals surface area contributed by atoms with Gasteiger partial charge in [-0.05, 0) is 30.0 Å². The number of benzene rings is 1. The number of aryl methyl sites for hydroxylation is 1. The first-order chi connectivity index (χ1) is 7.79. The van der Waals surface area contributed by atoms with Crippen molar-refractivity contribution in [3.8, 4) is 0 Å². The van der Waals surface area contributed by atoms with E-state index in [9.17, 15) is 4.79 Å². The van der Waals surface area contributed by atoms with Crippen molar-refractivity contribution in [3.05, 3.63) is 34.9 Å². The third kappa shape index (κ3) is 2.61. The molecule has 1 amide bonds. The molecule has 2 rings (SSSR count). The molecule has 1 aromatic carbocycles. The maximum absolute atomic E-state index is 11.3. The summed E-state index contributed by atoms with van der Waals surface area (Å²) in [6, 6.07) is 6.52. The number of rotatable bonds is 4. The number of amides is 1. The lowest BCUT2D eigenvalue weighted by Crippen LogP contribution is -2.22. The molecule has 86 valence electrons. The van der Waals surface area contributed by atoms with E-state index in [0.29, 0.717) is 13.0 Å². The molecule has 16 heavy (non-hydrogen) atoms.